The van der Waals surface area contributed by atoms with E-state index >= 15 is 0 Å². The van der Waals surface area contributed by atoms with Crippen molar-refractivity contribution in [3.8, 4) is 5.75 Å². The number of esters is 1. The molecule has 24 heavy (non-hydrogen) atoms. The molecule has 0 fully saturated rings. The van der Waals surface area contributed by atoms with Gasteiger partial charge in [0, 0.05) is 12.0 Å². The number of carbonyl (C=O) groups is 3. The Balaban J connectivity index is 2.79. The second-order valence-corrected chi connectivity index (χ2v) is 6.08. The third-order valence-electron chi connectivity index (χ3n) is 2.98. The van der Waals surface area contributed by atoms with Gasteiger partial charge in [-0.3, -0.25) is 4.79 Å². The van der Waals surface area contributed by atoms with Crippen LogP contribution in [0.1, 0.15) is 37.6 Å². The van der Waals surface area contributed by atoms with Crippen molar-refractivity contribution in [2.24, 2.45) is 0 Å². The maximum Gasteiger partial charge on any atom is 0.408 e. The van der Waals surface area contributed by atoms with E-state index in [2.05, 4.69) is 10.1 Å². The molecule has 7 heteroatoms. The Morgan fingerprint density at radius 3 is 2.12 bits per heavy atom. The summed E-state index contributed by atoms with van der Waals surface area (Å²) in [6.07, 6.45) is -1.03. The lowest BCUT2D eigenvalue weighted by molar-refractivity contribution is -0.143. The molecule has 0 aliphatic heterocycles. The number of alkyl carbamates (subject to hydrolysis) is 1. The first-order valence-electron chi connectivity index (χ1n) is 7.41. The average Bonchev–Trinajstić information content (AvgIpc) is 2.51. The van der Waals surface area contributed by atoms with Crippen molar-refractivity contribution in [1.29, 1.82) is 0 Å². The van der Waals surface area contributed by atoms with Gasteiger partial charge in [0.25, 0.3) is 0 Å². The molecule has 1 N–H and O–H groups in total. The Hall–Kier alpha value is -2.57. The summed E-state index contributed by atoms with van der Waals surface area (Å²) in [5.41, 5.74) is -0.319. The number of ether oxygens (including phenoxy) is 3. The standard InChI is InChI=1S/C17H23NO6/c1-17(2,3)24-16(21)18-13(15(20)23-5)10-14(19)11-6-8-12(22-4)9-7-11/h6-9,13H,10H2,1-5H3,(H,18,21)/t13-/m0/s1. The van der Waals surface area contributed by atoms with Gasteiger partial charge in [0.05, 0.1) is 14.2 Å². The van der Waals surface area contributed by atoms with Gasteiger partial charge in [-0.25, -0.2) is 9.59 Å². The first kappa shape index (κ1) is 19.5. The predicted octanol–water partition coefficient (Wildman–Crippen LogP) is 2.33. The topological polar surface area (TPSA) is 90.9 Å². The van der Waals surface area contributed by atoms with E-state index < -0.39 is 23.7 Å². The summed E-state index contributed by atoms with van der Waals surface area (Å²) < 4.78 is 14.8. The van der Waals surface area contributed by atoms with Crippen LogP contribution in [-0.4, -0.2) is 43.7 Å². The largest absolute Gasteiger partial charge is 0.497 e. The molecule has 1 atom stereocenters. The number of hydrogen-bond donors (Lipinski definition) is 1. The van der Waals surface area contributed by atoms with Gasteiger partial charge in [-0.15, -0.1) is 0 Å². The molecular formula is C17H23NO6. The zero-order valence-corrected chi connectivity index (χ0v) is 14.5. The minimum absolute atomic E-state index is 0.238. The number of Topliss-reactive ketones (excluding diaryl/α,β-unsaturated/α-hetero) is 1. The molecule has 1 rings (SSSR count). The van der Waals surface area contributed by atoms with Crippen LogP contribution in [0.3, 0.4) is 0 Å². The zero-order valence-electron chi connectivity index (χ0n) is 14.5. The van der Waals surface area contributed by atoms with E-state index in [1.165, 1.54) is 14.2 Å². The number of rotatable bonds is 6. The van der Waals surface area contributed by atoms with Gasteiger partial charge in [0.2, 0.25) is 0 Å². The maximum atomic E-state index is 12.3. The fourth-order valence-electron chi connectivity index (χ4n) is 1.87. The summed E-state index contributed by atoms with van der Waals surface area (Å²) in [5.74, 6) is -0.421. The predicted molar refractivity (Wildman–Crippen MR) is 87.1 cm³/mol. The lowest BCUT2D eigenvalue weighted by atomic mass is 10.0. The highest BCUT2D eigenvalue weighted by Gasteiger charge is 2.27. The van der Waals surface area contributed by atoms with Crippen LogP contribution >= 0.6 is 0 Å². The maximum absolute atomic E-state index is 12.3. The minimum atomic E-state index is -1.13. The lowest BCUT2D eigenvalue weighted by Gasteiger charge is -2.22. The molecule has 1 amide bonds. The highest BCUT2D eigenvalue weighted by Crippen LogP contribution is 2.14. The quantitative estimate of drug-likeness (QED) is 0.633. The van der Waals surface area contributed by atoms with Crippen LogP contribution in [0.15, 0.2) is 24.3 Å². The van der Waals surface area contributed by atoms with Crippen LogP contribution in [0.2, 0.25) is 0 Å². The van der Waals surface area contributed by atoms with Crippen LogP contribution in [0.4, 0.5) is 4.79 Å². The monoisotopic (exact) mass is 337 g/mol. The third-order valence-corrected chi connectivity index (χ3v) is 2.98. The number of hydrogen-bond acceptors (Lipinski definition) is 6. The normalized spacial score (nSPS) is 12.0. The van der Waals surface area contributed by atoms with Gasteiger partial charge in [0.15, 0.2) is 5.78 Å². The third kappa shape index (κ3) is 6.28. The van der Waals surface area contributed by atoms with E-state index in [9.17, 15) is 14.4 Å². The first-order valence-corrected chi connectivity index (χ1v) is 7.41. The lowest BCUT2D eigenvalue weighted by Crippen LogP contribution is -2.45. The molecule has 132 valence electrons. The second-order valence-electron chi connectivity index (χ2n) is 6.08. The fraction of sp³-hybridized carbons (Fsp3) is 0.471. The molecule has 0 saturated carbocycles. The van der Waals surface area contributed by atoms with Crippen LogP contribution < -0.4 is 10.1 Å². The summed E-state index contributed by atoms with van der Waals surface area (Å²) in [6, 6.07) is 5.33. The average molecular weight is 337 g/mol. The summed E-state index contributed by atoms with van der Waals surface area (Å²) in [4.78, 5) is 35.9. The number of amides is 1. The molecule has 0 radical (unpaired) electrons. The number of nitrogens with one attached hydrogen (secondary N) is 1. The van der Waals surface area contributed by atoms with E-state index in [-0.39, 0.29) is 12.2 Å². The SMILES string of the molecule is COC(=O)[C@H](CC(=O)c1ccc(OC)cc1)NC(=O)OC(C)(C)C. The van der Waals surface area contributed by atoms with Gasteiger partial charge >= 0.3 is 12.1 Å². The molecule has 1 aromatic rings. The fourth-order valence-corrected chi connectivity index (χ4v) is 1.87. The number of ketones is 1. The second kappa shape index (κ2) is 8.33. The first-order chi connectivity index (χ1) is 11.2. The molecule has 0 unspecified atom stereocenters. The molecule has 0 aliphatic carbocycles. The Bertz CT molecular complexity index is 588. The Morgan fingerprint density at radius 2 is 1.67 bits per heavy atom. The molecule has 1 aromatic carbocycles. The van der Waals surface area contributed by atoms with Gasteiger partial charge in [-0.05, 0) is 45.0 Å². The molecule has 0 spiro atoms. The molecule has 0 aromatic heterocycles. The van der Waals surface area contributed by atoms with E-state index in [0.29, 0.717) is 11.3 Å². The van der Waals surface area contributed by atoms with Crippen molar-refractivity contribution >= 4 is 17.8 Å². The molecular weight excluding hydrogens is 314 g/mol. The van der Waals surface area contributed by atoms with E-state index in [0.717, 1.165) is 0 Å². The van der Waals surface area contributed by atoms with Crippen molar-refractivity contribution in [2.45, 2.75) is 38.8 Å². The molecule has 0 heterocycles. The smallest absolute Gasteiger partial charge is 0.408 e. The Kier molecular flexibility index (Phi) is 6.76. The van der Waals surface area contributed by atoms with Crippen LogP contribution in [-0.2, 0) is 14.3 Å². The van der Waals surface area contributed by atoms with Gasteiger partial charge in [-0.1, -0.05) is 0 Å². The van der Waals surface area contributed by atoms with Crippen LogP contribution in [0.25, 0.3) is 0 Å². The van der Waals surface area contributed by atoms with E-state index in [4.69, 9.17) is 9.47 Å². The number of carbonyl (C=O) groups excluding carboxylic acids is 3. The van der Waals surface area contributed by atoms with Gasteiger partial charge < -0.3 is 19.5 Å². The van der Waals surface area contributed by atoms with Crippen molar-refractivity contribution in [3.05, 3.63) is 29.8 Å². The van der Waals surface area contributed by atoms with Crippen LogP contribution in [0, 0.1) is 0 Å². The van der Waals surface area contributed by atoms with Gasteiger partial charge in [0.1, 0.15) is 17.4 Å². The van der Waals surface area contributed by atoms with Crippen molar-refractivity contribution in [2.75, 3.05) is 14.2 Å². The summed E-state index contributed by atoms with van der Waals surface area (Å²) in [5, 5.41) is 2.37. The molecule has 0 bridgehead atoms. The molecule has 7 nitrogen and oxygen atoms in total. The van der Waals surface area contributed by atoms with Crippen LogP contribution in [0.5, 0.6) is 5.75 Å². The number of benzene rings is 1. The Morgan fingerprint density at radius 1 is 1.08 bits per heavy atom. The highest BCUT2D eigenvalue weighted by atomic mass is 16.6. The highest BCUT2D eigenvalue weighted by molar-refractivity contribution is 5.99. The van der Waals surface area contributed by atoms with E-state index in [1.54, 1.807) is 45.0 Å². The van der Waals surface area contributed by atoms with E-state index in [1.807, 2.05) is 0 Å². The van der Waals surface area contributed by atoms with Crippen molar-refractivity contribution in [1.82, 2.24) is 5.32 Å². The van der Waals surface area contributed by atoms with Gasteiger partial charge in [-0.2, -0.15) is 0 Å². The van der Waals surface area contributed by atoms with Crippen molar-refractivity contribution < 1.29 is 28.6 Å². The summed E-state index contributed by atoms with van der Waals surface area (Å²) in [7, 11) is 2.71. The summed E-state index contributed by atoms with van der Waals surface area (Å²) in [6.45, 7) is 5.09. The molecule has 0 saturated heterocycles. The van der Waals surface area contributed by atoms with Crippen molar-refractivity contribution in [3.63, 3.8) is 0 Å². The Labute approximate surface area is 141 Å². The minimum Gasteiger partial charge on any atom is -0.497 e. The molecule has 0 aliphatic rings. The number of methoxy groups -OCH3 is 2. The summed E-state index contributed by atoms with van der Waals surface area (Å²) >= 11 is 0. The zero-order chi connectivity index (χ0) is 18.3.